The molecule has 2 amide bonds. The number of urea groups is 1. The van der Waals surface area contributed by atoms with Gasteiger partial charge in [-0.2, -0.15) is 11.8 Å². The summed E-state index contributed by atoms with van der Waals surface area (Å²) in [5.74, 6) is 1.25. The van der Waals surface area contributed by atoms with Crippen LogP contribution in [0.3, 0.4) is 0 Å². The third-order valence-electron chi connectivity index (χ3n) is 3.12. The molecule has 6 heteroatoms. The Morgan fingerprint density at radius 1 is 1.42 bits per heavy atom. The number of carboxylic acid groups (broad SMARTS) is 1. The quantitative estimate of drug-likeness (QED) is 0.553. The summed E-state index contributed by atoms with van der Waals surface area (Å²) >= 11 is 1.73. The molecule has 1 aliphatic heterocycles. The number of carboxylic acids is 1. The van der Waals surface area contributed by atoms with Gasteiger partial charge < -0.3 is 15.3 Å². The maximum Gasteiger partial charge on any atom is 0.317 e. The number of thioether (sulfide) groups is 1. The monoisotopic (exact) mass is 286 g/mol. The van der Waals surface area contributed by atoms with Gasteiger partial charge in [-0.1, -0.05) is 6.08 Å². The van der Waals surface area contributed by atoms with E-state index >= 15 is 0 Å². The van der Waals surface area contributed by atoms with Crippen LogP contribution in [-0.2, 0) is 4.79 Å². The number of piperidine rings is 1. The Kier molecular flexibility index (Phi) is 7.40. The number of hydrogen-bond donors (Lipinski definition) is 2. The van der Waals surface area contributed by atoms with E-state index in [0.29, 0.717) is 19.6 Å². The SMILES string of the molecule is C=CCSCCNC(=O)N1CCC(CC(=O)O)CC1. The third kappa shape index (κ3) is 6.52. The lowest BCUT2D eigenvalue weighted by Gasteiger charge is -2.31. The summed E-state index contributed by atoms with van der Waals surface area (Å²) in [6.45, 7) is 5.61. The first-order valence-corrected chi connectivity index (χ1v) is 7.72. The van der Waals surface area contributed by atoms with E-state index in [1.54, 1.807) is 16.7 Å². The van der Waals surface area contributed by atoms with Gasteiger partial charge in [0.05, 0.1) is 0 Å². The minimum Gasteiger partial charge on any atom is -0.481 e. The number of amides is 2. The van der Waals surface area contributed by atoms with Crippen molar-refractivity contribution in [3.8, 4) is 0 Å². The molecular formula is C13H22N2O3S. The van der Waals surface area contributed by atoms with Crippen LogP contribution in [0, 0.1) is 5.92 Å². The van der Waals surface area contributed by atoms with Crippen molar-refractivity contribution in [2.24, 2.45) is 5.92 Å². The van der Waals surface area contributed by atoms with Gasteiger partial charge in [0.25, 0.3) is 0 Å². The summed E-state index contributed by atoms with van der Waals surface area (Å²) in [4.78, 5) is 24.2. The number of carbonyl (C=O) groups is 2. The van der Waals surface area contributed by atoms with Crippen LogP contribution >= 0.6 is 11.8 Å². The highest BCUT2D eigenvalue weighted by Crippen LogP contribution is 2.20. The molecule has 0 aromatic rings. The predicted octanol–water partition coefficient (Wildman–Crippen LogP) is 1.80. The topological polar surface area (TPSA) is 69.6 Å². The second-order valence-corrected chi connectivity index (χ2v) is 5.77. The predicted molar refractivity (Wildman–Crippen MR) is 77.5 cm³/mol. The Labute approximate surface area is 118 Å². The average molecular weight is 286 g/mol. The Morgan fingerprint density at radius 2 is 2.11 bits per heavy atom. The number of carbonyl (C=O) groups excluding carboxylic acids is 1. The van der Waals surface area contributed by atoms with Crippen molar-refractivity contribution in [2.45, 2.75) is 19.3 Å². The third-order valence-corrected chi connectivity index (χ3v) is 4.09. The zero-order chi connectivity index (χ0) is 14.1. The van der Waals surface area contributed by atoms with Crippen LogP contribution in [0.1, 0.15) is 19.3 Å². The van der Waals surface area contributed by atoms with E-state index in [-0.39, 0.29) is 18.4 Å². The van der Waals surface area contributed by atoms with Crippen molar-refractivity contribution in [2.75, 3.05) is 31.1 Å². The van der Waals surface area contributed by atoms with Gasteiger partial charge in [-0.25, -0.2) is 4.79 Å². The summed E-state index contributed by atoms with van der Waals surface area (Å²) in [5, 5.41) is 11.6. The van der Waals surface area contributed by atoms with Gasteiger partial charge in [0.1, 0.15) is 0 Å². The number of aliphatic carboxylic acids is 1. The highest BCUT2D eigenvalue weighted by molar-refractivity contribution is 7.99. The molecule has 0 bridgehead atoms. The van der Waals surface area contributed by atoms with E-state index < -0.39 is 5.97 Å². The van der Waals surface area contributed by atoms with Crippen molar-refractivity contribution in [3.05, 3.63) is 12.7 Å². The summed E-state index contributed by atoms with van der Waals surface area (Å²) in [5.41, 5.74) is 0. The van der Waals surface area contributed by atoms with E-state index in [9.17, 15) is 9.59 Å². The first-order valence-electron chi connectivity index (χ1n) is 6.56. The molecule has 5 nitrogen and oxygen atoms in total. The molecule has 19 heavy (non-hydrogen) atoms. The van der Waals surface area contributed by atoms with E-state index in [1.165, 1.54) is 0 Å². The zero-order valence-corrected chi connectivity index (χ0v) is 12.0. The van der Waals surface area contributed by atoms with E-state index in [2.05, 4.69) is 11.9 Å². The Morgan fingerprint density at radius 3 is 2.68 bits per heavy atom. The standard InChI is InChI=1S/C13H22N2O3S/c1-2-8-19-9-5-14-13(18)15-6-3-11(4-7-15)10-12(16)17/h2,11H,1,3-10H2,(H,14,18)(H,16,17). The van der Waals surface area contributed by atoms with Crippen LogP contribution in [-0.4, -0.2) is 53.1 Å². The van der Waals surface area contributed by atoms with Gasteiger partial charge in [0, 0.05) is 37.6 Å². The molecule has 0 radical (unpaired) electrons. The first-order chi connectivity index (χ1) is 9.13. The molecule has 1 aliphatic rings. The molecule has 0 atom stereocenters. The molecule has 1 heterocycles. The number of likely N-dealkylation sites (tertiary alicyclic amines) is 1. The molecule has 0 spiro atoms. The molecule has 1 fully saturated rings. The fraction of sp³-hybridized carbons (Fsp3) is 0.692. The average Bonchev–Trinajstić information content (AvgIpc) is 2.38. The highest BCUT2D eigenvalue weighted by atomic mass is 32.2. The van der Waals surface area contributed by atoms with Crippen molar-refractivity contribution in [3.63, 3.8) is 0 Å². The van der Waals surface area contributed by atoms with Crippen molar-refractivity contribution in [1.82, 2.24) is 10.2 Å². The summed E-state index contributed by atoms with van der Waals surface area (Å²) in [6.07, 6.45) is 3.63. The number of hydrogen-bond acceptors (Lipinski definition) is 3. The van der Waals surface area contributed by atoms with Crippen LogP contribution in [0.2, 0.25) is 0 Å². The fourth-order valence-electron chi connectivity index (χ4n) is 2.10. The second-order valence-electron chi connectivity index (χ2n) is 4.62. The summed E-state index contributed by atoms with van der Waals surface area (Å²) in [7, 11) is 0. The molecule has 0 saturated carbocycles. The van der Waals surface area contributed by atoms with Crippen LogP contribution < -0.4 is 5.32 Å². The maximum atomic E-state index is 11.8. The molecule has 108 valence electrons. The van der Waals surface area contributed by atoms with Crippen LogP contribution in [0.15, 0.2) is 12.7 Å². The normalized spacial score (nSPS) is 16.1. The van der Waals surface area contributed by atoms with Gasteiger partial charge in [0.15, 0.2) is 0 Å². The van der Waals surface area contributed by atoms with Gasteiger partial charge >= 0.3 is 12.0 Å². The highest BCUT2D eigenvalue weighted by Gasteiger charge is 2.23. The van der Waals surface area contributed by atoms with Gasteiger partial charge in [-0.05, 0) is 18.8 Å². The van der Waals surface area contributed by atoms with Gasteiger partial charge in [0.2, 0.25) is 0 Å². The zero-order valence-electron chi connectivity index (χ0n) is 11.1. The first kappa shape index (κ1) is 15.9. The Hall–Kier alpha value is -1.17. The van der Waals surface area contributed by atoms with Gasteiger partial charge in [-0.3, -0.25) is 4.79 Å². The van der Waals surface area contributed by atoms with E-state index in [1.807, 2.05) is 6.08 Å². The molecule has 0 aromatic heterocycles. The number of nitrogens with one attached hydrogen (secondary N) is 1. The molecule has 2 N–H and O–H groups in total. The minimum absolute atomic E-state index is 0.0343. The smallest absolute Gasteiger partial charge is 0.317 e. The van der Waals surface area contributed by atoms with Crippen molar-refractivity contribution in [1.29, 1.82) is 0 Å². The minimum atomic E-state index is -0.748. The number of rotatable bonds is 7. The maximum absolute atomic E-state index is 11.8. The van der Waals surface area contributed by atoms with E-state index in [0.717, 1.165) is 24.3 Å². The largest absolute Gasteiger partial charge is 0.481 e. The molecule has 0 aromatic carbocycles. The lowest BCUT2D eigenvalue weighted by molar-refractivity contribution is -0.138. The Balaban J connectivity index is 2.14. The molecule has 1 rings (SSSR count). The summed E-state index contributed by atoms with van der Waals surface area (Å²) in [6, 6.07) is -0.0343. The van der Waals surface area contributed by atoms with Crippen molar-refractivity contribution >= 4 is 23.8 Å². The fourth-order valence-corrected chi connectivity index (χ4v) is 2.68. The van der Waals surface area contributed by atoms with Crippen molar-refractivity contribution < 1.29 is 14.7 Å². The molecular weight excluding hydrogens is 264 g/mol. The molecule has 1 saturated heterocycles. The van der Waals surface area contributed by atoms with E-state index in [4.69, 9.17) is 5.11 Å². The number of nitrogens with zero attached hydrogens (tertiary/aromatic N) is 1. The second kappa shape index (κ2) is 8.85. The summed E-state index contributed by atoms with van der Waals surface area (Å²) < 4.78 is 0. The van der Waals surface area contributed by atoms with Crippen LogP contribution in [0.25, 0.3) is 0 Å². The molecule has 0 unspecified atom stereocenters. The van der Waals surface area contributed by atoms with Crippen LogP contribution in [0.4, 0.5) is 4.79 Å². The lowest BCUT2D eigenvalue weighted by Crippen LogP contribution is -2.45. The van der Waals surface area contributed by atoms with Crippen LogP contribution in [0.5, 0.6) is 0 Å². The lowest BCUT2D eigenvalue weighted by atomic mass is 9.94. The van der Waals surface area contributed by atoms with Gasteiger partial charge in [-0.15, -0.1) is 6.58 Å². The molecule has 0 aliphatic carbocycles. The Bertz CT molecular complexity index is 315.